The predicted octanol–water partition coefficient (Wildman–Crippen LogP) is 5.08. The molecule has 7 nitrogen and oxygen atoms in total. The van der Waals surface area contributed by atoms with Crippen LogP contribution in [0, 0.1) is 10.1 Å². The molecule has 10 heteroatoms. The second-order valence-corrected chi connectivity index (χ2v) is 9.28. The predicted molar refractivity (Wildman–Crippen MR) is 129 cm³/mol. The summed E-state index contributed by atoms with van der Waals surface area (Å²) in [7, 11) is 0. The zero-order chi connectivity index (χ0) is 23.8. The van der Waals surface area contributed by atoms with Crippen molar-refractivity contribution in [3.63, 3.8) is 0 Å². The normalized spacial score (nSPS) is 11.8. The first kappa shape index (κ1) is 26.0. The van der Waals surface area contributed by atoms with Crippen molar-refractivity contribution < 1.29 is 14.5 Å². The van der Waals surface area contributed by atoms with Gasteiger partial charge in [-0.25, -0.2) is 0 Å². The molecule has 0 spiro atoms. The molecule has 0 saturated carbocycles. The molecule has 0 heterocycles. The summed E-state index contributed by atoms with van der Waals surface area (Å²) in [6.45, 7) is 5.47. The van der Waals surface area contributed by atoms with Gasteiger partial charge in [0.05, 0.1) is 10.7 Å². The van der Waals surface area contributed by atoms with Gasteiger partial charge in [-0.1, -0.05) is 41.4 Å². The number of rotatable bonds is 10. The van der Waals surface area contributed by atoms with Gasteiger partial charge in [0.1, 0.15) is 6.04 Å². The maximum Gasteiger partial charge on any atom is 0.269 e. The molecule has 0 aliphatic heterocycles. The number of nitro benzene ring substituents is 1. The van der Waals surface area contributed by atoms with Gasteiger partial charge in [0.2, 0.25) is 11.8 Å². The molecule has 172 valence electrons. The molecule has 0 fully saturated rings. The molecular weight excluding hydrogens is 473 g/mol. The van der Waals surface area contributed by atoms with E-state index < -0.39 is 11.0 Å². The third-order valence-electron chi connectivity index (χ3n) is 4.63. The lowest BCUT2D eigenvalue weighted by atomic mass is 10.1. The number of carbonyl (C=O) groups excluding carboxylic acids is 2. The standard InChI is InChI=1S/C22H25Cl2N3O4S/c1-14(2)25-22(29)15(3)26(11-18-19(23)5-4-6-20(18)24)21(28)13-32-12-16-7-9-17(10-8-16)27(30)31/h4-10,14-15H,11-13H2,1-3H3,(H,25,29). The van der Waals surface area contributed by atoms with Crippen LogP contribution < -0.4 is 5.32 Å². The molecule has 1 atom stereocenters. The molecule has 0 aromatic heterocycles. The van der Waals surface area contributed by atoms with Crippen molar-refractivity contribution in [3.8, 4) is 0 Å². The average Bonchev–Trinajstić information content (AvgIpc) is 2.73. The zero-order valence-electron chi connectivity index (χ0n) is 18.0. The molecular formula is C22H25Cl2N3O4S. The summed E-state index contributed by atoms with van der Waals surface area (Å²) in [6, 6.07) is 10.5. The van der Waals surface area contributed by atoms with Crippen molar-refractivity contribution in [2.45, 2.75) is 45.2 Å². The highest BCUT2D eigenvalue weighted by Crippen LogP contribution is 2.27. The van der Waals surface area contributed by atoms with E-state index in [4.69, 9.17) is 23.2 Å². The van der Waals surface area contributed by atoms with Gasteiger partial charge in [0, 0.05) is 46.1 Å². The molecule has 2 aromatic carbocycles. The Morgan fingerprint density at radius 2 is 1.69 bits per heavy atom. The highest BCUT2D eigenvalue weighted by Gasteiger charge is 2.27. The molecule has 0 aliphatic rings. The largest absolute Gasteiger partial charge is 0.352 e. The molecule has 2 rings (SSSR count). The number of nitro groups is 1. The number of amides is 2. The minimum Gasteiger partial charge on any atom is -0.352 e. The van der Waals surface area contributed by atoms with E-state index in [1.807, 2.05) is 13.8 Å². The first-order valence-corrected chi connectivity index (χ1v) is 11.8. The summed E-state index contributed by atoms with van der Waals surface area (Å²) in [5, 5.41) is 14.4. The fraction of sp³-hybridized carbons (Fsp3) is 0.364. The van der Waals surface area contributed by atoms with E-state index in [-0.39, 0.29) is 35.8 Å². The number of non-ortho nitro benzene ring substituents is 1. The van der Waals surface area contributed by atoms with E-state index in [2.05, 4.69) is 5.32 Å². The quantitative estimate of drug-likeness (QED) is 0.365. The van der Waals surface area contributed by atoms with Crippen molar-refractivity contribution in [2.24, 2.45) is 0 Å². The number of carbonyl (C=O) groups is 2. The van der Waals surface area contributed by atoms with Gasteiger partial charge in [-0.2, -0.15) is 0 Å². The second-order valence-electron chi connectivity index (χ2n) is 7.48. The molecule has 0 aliphatic carbocycles. The van der Waals surface area contributed by atoms with Crippen molar-refractivity contribution >= 4 is 52.5 Å². The monoisotopic (exact) mass is 497 g/mol. The smallest absolute Gasteiger partial charge is 0.269 e. The van der Waals surface area contributed by atoms with Crippen LogP contribution in [0.1, 0.15) is 31.9 Å². The van der Waals surface area contributed by atoms with Crippen LogP contribution in [0.3, 0.4) is 0 Å². The average molecular weight is 498 g/mol. The van der Waals surface area contributed by atoms with E-state index >= 15 is 0 Å². The van der Waals surface area contributed by atoms with Crippen molar-refractivity contribution in [1.29, 1.82) is 0 Å². The Morgan fingerprint density at radius 3 is 2.22 bits per heavy atom. The highest BCUT2D eigenvalue weighted by molar-refractivity contribution is 7.99. The minimum atomic E-state index is -0.725. The summed E-state index contributed by atoms with van der Waals surface area (Å²) < 4.78 is 0. The van der Waals surface area contributed by atoms with Crippen LogP contribution in [0.5, 0.6) is 0 Å². The van der Waals surface area contributed by atoms with Crippen molar-refractivity contribution in [2.75, 3.05) is 5.75 Å². The lowest BCUT2D eigenvalue weighted by Crippen LogP contribution is -2.49. The van der Waals surface area contributed by atoms with Crippen LogP contribution in [0.2, 0.25) is 10.0 Å². The summed E-state index contributed by atoms with van der Waals surface area (Å²) in [5.41, 5.74) is 1.45. The lowest BCUT2D eigenvalue weighted by molar-refractivity contribution is -0.384. The minimum absolute atomic E-state index is 0.0163. The molecule has 0 bridgehead atoms. The topological polar surface area (TPSA) is 92.6 Å². The van der Waals surface area contributed by atoms with Gasteiger partial charge in [0.25, 0.3) is 5.69 Å². The molecule has 32 heavy (non-hydrogen) atoms. The molecule has 1 N–H and O–H groups in total. The molecule has 2 aromatic rings. The maximum atomic E-state index is 13.1. The molecule has 0 saturated heterocycles. The summed E-state index contributed by atoms with van der Waals surface area (Å²) >= 11 is 13.9. The van der Waals surface area contributed by atoms with E-state index in [9.17, 15) is 19.7 Å². The van der Waals surface area contributed by atoms with E-state index in [1.54, 1.807) is 37.3 Å². The second kappa shape index (κ2) is 12.1. The van der Waals surface area contributed by atoms with Gasteiger partial charge < -0.3 is 10.2 Å². The van der Waals surface area contributed by atoms with Crippen LogP contribution in [0.4, 0.5) is 5.69 Å². The summed E-state index contributed by atoms with van der Waals surface area (Å²) in [6.07, 6.45) is 0. The van der Waals surface area contributed by atoms with Crippen molar-refractivity contribution in [1.82, 2.24) is 10.2 Å². The fourth-order valence-electron chi connectivity index (χ4n) is 2.89. The van der Waals surface area contributed by atoms with Gasteiger partial charge in [-0.3, -0.25) is 19.7 Å². The molecule has 2 amide bonds. The first-order valence-electron chi connectivity index (χ1n) is 9.94. The number of thioether (sulfide) groups is 1. The van der Waals surface area contributed by atoms with Gasteiger partial charge >= 0.3 is 0 Å². The van der Waals surface area contributed by atoms with Crippen LogP contribution in [0.15, 0.2) is 42.5 Å². The Balaban J connectivity index is 2.12. The summed E-state index contributed by atoms with van der Waals surface area (Å²) in [4.78, 5) is 37.5. The maximum absolute atomic E-state index is 13.1. The van der Waals surface area contributed by atoms with E-state index in [0.29, 0.717) is 21.4 Å². The molecule has 0 radical (unpaired) electrons. The van der Waals surface area contributed by atoms with E-state index in [1.165, 1.54) is 28.8 Å². The number of halogens is 2. The van der Waals surface area contributed by atoms with Crippen molar-refractivity contribution in [3.05, 3.63) is 73.8 Å². The Kier molecular flexibility index (Phi) is 9.81. The van der Waals surface area contributed by atoms with Crippen LogP contribution >= 0.6 is 35.0 Å². The molecule has 1 unspecified atom stereocenters. The number of benzene rings is 2. The first-order chi connectivity index (χ1) is 15.1. The highest BCUT2D eigenvalue weighted by atomic mass is 35.5. The Morgan fingerprint density at radius 1 is 1.09 bits per heavy atom. The van der Waals surface area contributed by atoms with Gasteiger partial charge in [-0.15, -0.1) is 11.8 Å². The number of hydrogen-bond acceptors (Lipinski definition) is 5. The third kappa shape index (κ3) is 7.39. The Hall–Kier alpha value is -2.29. The van der Waals surface area contributed by atoms with Gasteiger partial charge in [-0.05, 0) is 38.5 Å². The zero-order valence-corrected chi connectivity index (χ0v) is 20.3. The lowest BCUT2D eigenvalue weighted by Gasteiger charge is -2.30. The van der Waals surface area contributed by atoms with Crippen LogP contribution in [0.25, 0.3) is 0 Å². The number of hydrogen-bond donors (Lipinski definition) is 1. The SMILES string of the molecule is CC(C)NC(=O)C(C)N(Cc1c(Cl)cccc1Cl)C(=O)CSCc1ccc([N+](=O)[O-])cc1. The Bertz CT molecular complexity index is 950. The number of nitrogens with zero attached hydrogens (tertiary/aromatic N) is 2. The third-order valence-corrected chi connectivity index (χ3v) is 6.33. The van der Waals surface area contributed by atoms with E-state index in [0.717, 1.165) is 5.56 Å². The van der Waals surface area contributed by atoms with Gasteiger partial charge in [0.15, 0.2) is 0 Å². The fourth-order valence-corrected chi connectivity index (χ4v) is 4.28. The summed E-state index contributed by atoms with van der Waals surface area (Å²) in [5.74, 6) is 0.117. The van der Waals surface area contributed by atoms with Crippen LogP contribution in [-0.2, 0) is 21.9 Å². The Labute approximate surface area is 201 Å². The number of nitrogens with one attached hydrogen (secondary N) is 1. The van der Waals surface area contributed by atoms with Crippen LogP contribution in [-0.4, -0.2) is 39.5 Å².